The summed E-state index contributed by atoms with van der Waals surface area (Å²) in [5, 5.41) is 9.75. The van der Waals surface area contributed by atoms with Gasteiger partial charge in [0, 0.05) is 10.7 Å². The van der Waals surface area contributed by atoms with Crippen LogP contribution in [0.1, 0.15) is 35.3 Å². The Labute approximate surface area is 150 Å². The lowest BCUT2D eigenvalue weighted by Gasteiger charge is -2.09. The van der Waals surface area contributed by atoms with E-state index < -0.39 is 12.2 Å². The monoisotopic (exact) mass is 389 g/mol. The van der Waals surface area contributed by atoms with Crippen LogP contribution in [0.2, 0.25) is 0 Å². The fraction of sp³-hybridized carbons (Fsp3) is 0.263. The molecule has 0 saturated heterocycles. The average molecular weight is 390 g/mol. The summed E-state index contributed by atoms with van der Waals surface area (Å²) in [6.45, 7) is 5.69. The Morgan fingerprint density at radius 3 is 2.67 bits per heavy atom. The van der Waals surface area contributed by atoms with Gasteiger partial charge in [-0.15, -0.1) is 0 Å². The Balaban J connectivity index is 2.18. The second kappa shape index (κ2) is 8.22. The van der Waals surface area contributed by atoms with E-state index in [1.165, 1.54) is 0 Å². The number of aryl methyl sites for hydroxylation is 1. The number of esters is 1. The molecular formula is C19H20BrNO3. The summed E-state index contributed by atoms with van der Waals surface area (Å²) in [6, 6.07) is 12.5. The molecule has 2 rings (SSSR count). The lowest BCUT2D eigenvalue weighted by Crippen LogP contribution is -2.11. The molecule has 0 amide bonds. The molecule has 24 heavy (non-hydrogen) atoms. The molecule has 126 valence electrons. The van der Waals surface area contributed by atoms with Gasteiger partial charge in [0.15, 0.2) is 0 Å². The van der Waals surface area contributed by atoms with Gasteiger partial charge in [-0.05, 0) is 48.7 Å². The fourth-order valence-electron chi connectivity index (χ4n) is 1.99. The predicted octanol–water partition coefficient (Wildman–Crippen LogP) is 4.37. The first kappa shape index (κ1) is 18.4. The van der Waals surface area contributed by atoms with Gasteiger partial charge in [-0.2, -0.15) is 0 Å². The van der Waals surface area contributed by atoms with Crippen molar-refractivity contribution in [1.29, 1.82) is 0 Å². The van der Waals surface area contributed by atoms with E-state index in [4.69, 9.17) is 4.74 Å². The van der Waals surface area contributed by atoms with Crippen LogP contribution in [0.5, 0.6) is 5.75 Å². The van der Waals surface area contributed by atoms with Crippen molar-refractivity contribution in [2.24, 2.45) is 10.9 Å². The third-order valence-corrected chi connectivity index (χ3v) is 3.79. The molecule has 0 aliphatic heterocycles. The lowest BCUT2D eigenvalue weighted by atomic mass is 10.1. The summed E-state index contributed by atoms with van der Waals surface area (Å²) in [7, 11) is 0. The molecule has 1 N–H and O–H groups in total. The van der Waals surface area contributed by atoms with Crippen molar-refractivity contribution in [3.05, 3.63) is 63.6 Å². The van der Waals surface area contributed by atoms with Crippen molar-refractivity contribution < 1.29 is 14.6 Å². The van der Waals surface area contributed by atoms with Gasteiger partial charge < -0.3 is 9.84 Å². The Morgan fingerprint density at radius 1 is 1.25 bits per heavy atom. The highest BCUT2D eigenvalue weighted by Crippen LogP contribution is 2.22. The maximum absolute atomic E-state index is 12.2. The van der Waals surface area contributed by atoms with E-state index in [1.54, 1.807) is 30.5 Å². The number of benzene rings is 2. The number of carbonyl (C=O) groups excluding carboxylic acids is 1. The van der Waals surface area contributed by atoms with Crippen molar-refractivity contribution >= 4 is 28.1 Å². The molecule has 0 bridgehead atoms. The summed E-state index contributed by atoms with van der Waals surface area (Å²) in [6.07, 6.45) is 0.807. The van der Waals surface area contributed by atoms with Crippen molar-refractivity contribution in [1.82, 2.24) is 0 Å². The smallest absolute Gasteiger partial charge is 0.343 e. The van der Waals surface area contributed by atoms with Crippen LogP contribution in [-0.4, -0.2) is 23.5 Å². The maximum atomic E-state index is 12.2. The topological polar surface area (TPSA) is 58.9 Å². The summed E-state index contributed by atoms with van der Waals surface area (Å²) >= 11 is 3.39. The summed E-state index contributed by atoms with van der Waals surface area (Å²) in [5.41, 5.74) is 2.23. The lowest BCUT2D eigenvalue weighted by molar-refractivity contribution is 0.0734. The van der Waals surface area contributed by atoms with E-state index in [2.05, 4.69) is 20.9 Å². The molecule has 0 radical (unpaired) electrons. The van der Waals surface area contributed by atoms with Crippen molar-refractivity contribution in [3.8, 4) is 5.75 Å². The number of ether oxygens (including phenoxy) is 1. The maximum Gasteiger partial charge on any atom is 0.343 e. The zero-order valence-corrected chi connectivity index (χ0v) is 15.4. The van der Waals surface area contributed by atoms with Crippen LogP contribution < -0.4 is 4.74 Å². The Morgan fingerprint density at radius 2 is 2.00 bits per heavy atom. The average Bonchev–Trinajstić information content (AvgIpc) is 2.52. The fourth-order valence-corrected chi connectivity index (χ4v) is 2.48. The SMILES string of the molecule is Cc1cccc(C(=O)Oc2cc(Br)cc(/C=N/C(O)C(C)C)c2)c1. The zero-order chi connectivity index (χ0) is 17.7. The Hall–Kier alpha value is -1.98. The molecule has 1 atom stereocenters. The number of hydrogen-bond acceptors (Lipinski definition) is 4. The van der Waals surface area contributed by atoms with Crippen LogP contribution in [0.4, 0.5) is 0 Å². The van der Waals surface area contributed by atoms with Gasteiger partial charge >= 0.3 is 5.97 Å². The minimum Gasteiger partial charge on any atom is -0.423 e. The highest BCUT2D eigenvalue weighted by atomic mass is 79.9. The van der Waals surface area contributed by atoms with Gasteiger partial charge in [-0.1, -0.05) is 47.5 Å². The number of halogens is 1. The van der Waals surface area contributed by atoms with Gasteiger partial charge in [-0.3, -0.25) is 4.99 Å². The molecule has 2 aromatic carbocycles. The number of nitrogens with zero attached hydrogens (tertiary/aromatic N) is 1. The van der Waals surface area contributed by atoms with Crippen LogP contribution in [0.15, 0.2) is 51.9 Å². The highest BCUT2D eigenvalue weighted by Gasteiger charge is 2.10. The van der Waals surface area contributed by atoms with Gasteiger partial charge in [0.1, 0.15) is 12.0 Å². The van der Waals surface area contributed by atoms with E-state index in [0.717, 1.165) is 15.6 Å². The summed E-state index contributed by atoms with van der Waals surface area (Å²) in [4.78, 5) is 16.3. The molecule has 0 spiro atoms. The van der Waals surface area contributed by atoms with Gasteiger partial charge in [0.05, 0.1) is 5.56 Å². The van der Waals surface area contributed by atoms with Gasteiger partial charge in [-0.25, -0.2) is 4.79 Å². The normalized spacial score (nSPS) is 12.6. The zero-order valence-electron chi connectivity index (χ0n) is 13.9. The first-order valence-corrected chi connectivity index (χ1v) is 8.45. The van der Waals surface area contributed by atoms with E-state index in [-0.39, 0.29) is 5.92 Å². The Bertz CT molecular complexity index is 756. The highest BCUT2D eigenvalue weighted by molar-refractivity contribution is 9.10. The van der Waals surface area contributed by atoms with E-state index in [1.807, 2.05) is 39.0 Å². The number of aliphatic imine (C=N–C) groups is 1. The van der Waals surface area contributed by atoms with Gasteiger partial charge in [0.2, 0.25) is 0 Å². The second-order valence-corrected chi connectivity index (χ2v) is 6.83. The molecule has 2 aromatic rings. The molecule has 0 fully saturated rings. The quantitative estimate of drug-likeness (QED) is 0.469. The second-order valence-electron chi connectivity index (χ2n) is 5.92. The number of rotatable bonds is 5. The molecule has 0 aliphatic carbocycles. The molecule has 5 heteroatoms. The van der Waals surface area contributed by atoms with E-state index in [0.29, 0.717) is 11.3 Å². The van der Waals surface area contributed by atoms with Crippen LogP contribution >= 0.6 is 15.9 Å². The van der Waals surface area contributed by atoms with E-state index >= 15 is 0 Å². The summed E-state index contributed by atoms with van der Waals surface area (Å²) in [5.74, 6) is 0.0327. The molecule has 0 heterocycles. The van der Waals surface area contributed by atoms with E-state index in [9.17, 15) is 9.90 Å². The number of aliphatic hydroxyl groups excluding tert-OH is 1. The first-order valence-electron chi connectivity index (χ1n) is 7.66. The van der Waals surface area contributed by atoms with Crippen LogP contribution in [0.25, 0.3) is 0 Å². The van der Waals surface area contributed by atoms with Crippen LogP contribution in [0.3, 0.4) is 0 Å². The van der Waals surface area contributed by atoms with Crippen molar-refractivity contribution in [2.75, 3.05) is 0 Å². The molecular weight excluding hydrogens is 370 g/mol. The number of carbonyl (C=O) groups is 1. The molecule has 1 unspecified atom stereocenters. The first-order chi connectivity index (χ1) is 11.3. The molecule has 4 nitrogen and oxygen atoms in total. The molecule has 0 aliphatic rings. The minimum atomic E-state index is -0.762. The standard InChI is InChI=1S/C19H20BrNO3/c1-12(2)18(22)21-11-14-8-16(20)10-17(9-14)24-19(23)15-6-4-5-13(3)7-15/h4-12,18,22H,1-3H3/b21-11+. The van der Waals surface area contributed by atoms with Crippen LogP contribution in [0, 0.1) is 12.8 Å². The molecule has 0 aromatic heterocycles. The number of aliphatic hydroxyl groups is 1. The molecule has 0 saturated carbocycles. The predicted molar refractivity (Wildman–Crippen MR) is 98.7 cm³/mol. The van der Waals surface area contributed by atoms with Crippen molar-refractivity contribution in [3.63, 3.8) is 0 Å². The third kappa shape index (κ3) is 5.28. The Kier molecular flexibility index (Phi) is 6.29. The van der Waals surface area contributed by atoms with Crippen molar-refractivity contribution in [2.45, 2.75) is 27.0 Å². The van der Waals surface area contributed by atoms with Gasteiger partial charge in [0.25, 0.3) is 0 Å². The summed E-state index contributed by atoms with van der Waals surface area (Å²) < 4.78 is 6.20. The largest absolute Gasteiger partial charge is 0.423 e. The number of hydrogen-bond donors (Lipinski definition) is 1. The van der Waals surface area contributed by atoms with Crippen LogP contribution in [-0.2, 0) is 0 Å². The third-order valence-electron chi connectivity index (χ3n) is 3.33. The minimum absolute atomic E-state index is 0.0343.